The zero-order valence-corrected chi connectivity index (χ0v) is 13.9. The summed E-state index contributed by atoms with van der Waals surface area (Å²) < 4.78 is 21.4. The van der Waals surface area contributed by atoms with Crippen molar-refractivity contribution >= 4 is 30.7 Å². The van der Waals surface area contributed by atoms with Gasteiger partial charge in [-0.15, -0.1) is 11.6 Å². The van der Waals surface area contributed by atoms with E-state index in [1.54, 1.807) is 16.7 Å². The molecule has 0 N–H and O–H groups in total. The Labute approximate surface area is 124 Å². The van der Waals surface area contributed by atoms with Gasteiger partial charge in [-0.2, -0.15) is 0 Å². The van der Waals surface area contributed by atoms with Crippen LogP contribution < -0.4 is 0 Å². The van der Waals surface area contributed by atoms with Gasteiger partial charge in [-0.3, -0.25) is 0 Å². The lowest BCUT2D eigenvalue weighted by Gasteiger charge is -2.16. The molecule has 1 heterocycles. The second kappa shape index (κ2) is 6.24. The van der Waals surface area contributed by atoms with Crippen LogP contribution in [0.25, 0.3) is 11.0 Å². The first-order valence-electron chi connectivity index (χ1n) is 6.70. The Kier molecular flexibility index (Phi) is 4.83. The van der Waals surface area contributed by atoms with Crippen LogP contribution >= 0.6 is 11.6 Å². The van der Waals surface area contributed by atoms with Gasteiger partial charge < -0.3 is 9.30 Å². The maximum atomic E-state index is 13.9. The lowest BCUT2D eigenvalue weighted by Crippen LogP contribution is -2.22. The van der Waals surface area contributed by atoms with E-state index < -0.39 is 8.07 Å². The SMILES string of the molecule is C[Si](C)(C)CCOCn1c(CCl)nc2cccc(F)c21. The summed E-state index contributed by atoms with van der Waals surface area (Å²) in [7, 11) is -1.12. The van der Waals surface area contributed by atoms with Crippen molar-refractivity contribution in [1.29, 1.82) is 0 Å². The van der Waals surface area contributed by atoms with Crippen molar-refractivity contribution in [2.24, 2.45) is 0 Å². The van der Waals surface area contributed by atoms with Crippen LogP contribution in [-0.2, 0) is 17.3 Å². The zero-order valence-electron chi connectivity index (χ0n) is 12.1. The largest absolute Gasteiger partial charge is 0.361 e. The molecule has 0 bridgehead atoms. The minimum atomic E-state index is -1.12. The summed E-state index contributed by atoms with van der Waals surface area (Å²) >= 11 is 5.89. The standard InChI is InChI=1S/C14H20ClFN2OSi/c1-20(2,3)8-7-19-10-18-13(9-15)17-12-6-4-5-11(16)14(12)18/h4-6H,7-10H2,1-3H3. The van der Waals surface area contributed by atoms with Gasteiger partial charge in [0.05, 0.1) is 11.4 Å². The summed E-state index contributed by atoms with van der Waals surface area (Å²) in [6, 6.07) is 5.95. The van der Waals surface area contributed by atoms with Crippen LogP contribution in [0, 0.1) is 5.82 Å². The first-order valence-corrected chi connectivity index (χ1v) is 10.9. The van der Waals surface area contributed by atoms with Crippen LogP contribution in [0.5, 0.6) is 0 Å². The third kappa shape index (κ3) is 3.59. The highest BCUT2D eigenvalue weighted by Gasteiger charge is 2.15. The van der Waals surface area contributed by atoms with E-state index in [0.29, 0.717) is 30.2 Å². The average molecular weight is 315 g/mol. The number of fused-ring (bicyclic) bond motifs is 1. The maximum Gasteiger partial charge on any atom is 0.149 e. The highest BCUT2D eigenvalue weighted by Crippen LogP contribution is 2.21. The number of rotatable bonds is 6. The molecule has 6 heteroatoms. The number of hydrogen-bond acceptors (Lipinski definition) is 2. The molecule has 2 aromatic rings. The summed E-state index contributed by atoms with van der Waals surface area (Å²) in [6.45, 7) is 7.88. The lowest BCUT2D eigenvalue weighted by atomic mass is 10.3. The molecule has 0 spiro atoms. The zero-order chi connectivity index (χ0) is 14.8. The van der Waals surface area contributed by atoms with Crippen molar-refractivity contribution in [3.8, 4) is 0 Å². The second-order valence-electron chi connectivity index (χ2n) is 6.05. The molecular weight excluding hydrogens is 295 g/mol. The fourth-order valence-electron chi connectivity index (χ4n) is 1.97. The van der Waals surface area contributed by atoms with E-state index in [9.17, 15) is 4.39 Å². The normalized spacial score (nSPS) is 12.2. The van der Waals surface area contributed by atoms with Crippen molar-refractivity contribution in [1.82, 2.24) is 9.55 Å². The van der Waals surface area contributed by atoms with E-state index in [2.05, 4.69) is 24.6 Å². The van der Waals surface area contributed by atoms with Gasteiger partial charge >= 0.3 is 0 Å². The Bertz CT molecular complexity index is 595. The molecule has 0 fully saturated rings. The molecule has 110 valence electrons. The Morgan fingerprint density at radius 2 is 2.10 bits per heavy atom. The molecule has 2 rings (SSSR count). The van der Waals surface area contributed by atoms with Crippen LogP contribution in [-0.4, -0.2) is 24.2 Å². The minimum Gasteiger partial charge on any atom is -0.361 e. The summed E-state index contributed by atoms with van der Waals surface area (Å²) in [6.07, 6.45) is 0. The molecular formula is C14H20ClFN2OSi. The van der Waals surface area contributed by atoms with Crippen molar-refractivity contribution in [2.75, 3.05) is 6.61 Å². The average Bonchev–Trinajstić information content (AvgIpc) is 2.73. The van der Waals surface area contributed by atoms with Crippen LogP contribution in [0.4, 0.5) is 4.39 Å². The number of ether oxygens (including phenoxy) is 1. The minimum absolute atomic E-state index is 0.242. The molecule has 0 amide bonds. The summed E-state index contributed by atoms with van der Waals surface area (Å²) in [4.78, 5) is 4.34. The highest BCUT2D eigenvalue weighted by atomic mass is 35.5. The predicted molar refractivity (Wildman–Crippen MR) is 83.4 cm³/mol. The fourth-order valence-corrected chi connectivity index (χ4v) is 2.93. The smallest absolute Gasteiger partial charge is 0.149 e. The van der Waals surface area contributed by atoms with Crippen molar-refractivity contribution in [3.63, 3.8) is 0 Å². The quantitative estimate of drug-likeness (QED) is 0.453. The van der Waals surface area contributed by atoms with E-state index in [0.717, 1.165) is 6.04 Å². The summed E-state index contributed by atoms with van der Waals surface area (Å²) in [5.41, 5.74) is 1.09. The van der Waals surface area contributed by atoms with Crippen LogP contribution in [0.2, 0.25) is 25.7 Å². The van der Waals surface area contributed by atoms with Crippen LogP contribution in [0.3, 0.4) is 0 Å². The third-order valence-corrected chi connectivity index (χ3v) is 5.08. The van der Waals surface area contributed by atoms with Crippen LogP contribution in [0.1, 0.15) is 5.82 Å². The molecule has 0 atom stereocenters. The first kappa shape index (κ1) is 15.5. The van der Waals surface area contributed by atoms with Gasteiger partial charge in [0.15, 0.2) is 0 Å². The molecule has 0 aliphatic heterocycles. The van der Waals surface area contributed by atoms with E-state index in [4.69, 9.17) is 16.3 Å². The van der Waals surface area contributed by atoms with Gasteiger partial charge in [-0.05, 0) is 18.2 Å². The number of aromatic nitrogens is 2. The third-order valence-electron chi connectivity index (χ3n) is 3.13. The van der Waals surface area contributed by atoms with Crippen molar-refractivity contribution in [3.05, 3.63) is 29.8 Å². The number of imidazole rings is 1. The van der Waals surface area contributed by atoms with Gasteiger partial charge in [-0.1, -0.05) is 25.7 Å². The van der Waals surface area contributed by atoms with Gasteiger partial charge in [0.1, 0.15) is 23.9 Å². The van der Waals surface area contributed by atoms with Gasteiger partial charge in [0.2, 0.25) is 0 Å². The Morgan fingerprint density at radius 1 is 1.35 bits per heavy atom. The van der Waals surface area contributed by atoms with Crippen molar-refractivity contribution in [2.45, 2.75) is 38.3 Å². The maximum absolute atomic E-state index is 13.9. The van der Waals surface area contributed by atoms with Gasteiger partial charge in [0.25, 0.3) is 0 Å². The van der Waals surface area contributed by atoms with E-state index >= 15 is 0 Å². The van der Waals surface area contributed by atoms with E-state index in [-0.39, 0.29) is 11.7 Å². The molecule has 1 aromatic carbocycles. The first-order chi connectivity index (χ1) is 9.42. The van der Waals surface area contributed by atoms with E-state index in [1.165, 1.54) is 6.07 Å². The number of halogens is 2. The number of para-hydroxylation sites is 1. The van der Waals surface area contributed by atoms with E-state index in [1.807, 2.05) is 0 Å². The monoisotopic (exact) mass is 314 g/mol. The molecule has 3 nitrogen and oxygen atoms in total. The summed E-state index contributed by atoms with van der Waals surface area (Å²) in [5, 5.41) is 0. The Balaban J connectivity index is 2.16. The second-order valence-corrected chi connectivity index (χ2v) is 11.9. The van der Waals surface area contributed by atoms with Crippen LogP contribution in [0.15, 0.2) is 18.2 Å². The van der Waals surface area contributed by atoms with Gasteiger partial charge in [0, 0.05) is 14.7 Å². The Hall–Kier alpha value is -0.913. The topological polar surface area (TPSA) is 27.1 Å². The molecule has 0 saturated heterocycles. The molecule has 0 aliphatic carbocycles. The molecule has 0 radical (unpaired) electrons. The molecule has 20 heavy (non-hydrogen) atoms. The summed E-state index contributed by atoms with van der Waals surface area (Å²) in [5.74, 6) is 0.589. The lowest BCUT2D eigenvalue weighted by molar-refractivity contribution is 0.0880. The molecule has 1 aromatic heterocycles. The predicted octanol–water partition coefficient (Wildman–Crippen LogP) is 4.23. The number of alkyl halides is 1. The molecule has 0 saturated carbocycles. The fraction of sp³-hybridized carbons (Fsp3) is 0.500. The highest BCUT2D eigenvalue weighted by molar-refractivity contribution is 6.76. The number of benzene rings is 1. The van der Waals surface area contributed by atoms with Crippen molar-refractivity contribution < 1.29 is 9.13 Å². The molecule has 0 unspecified atom stereocenters. The number of nitrogens with zero attached hydrogens (tertiary/aromatic N) is 2. The molecule has 0 aliphatic rings. The Morgan fingerprint density at radius 3 is 2.75 bits per heavy atom. The van der Waals surface area contributed by atoms with Gasteiger partial charge in [-0.25, -0.2) is 9.37 Å². The number of hydrogen-bond donors (Lipinski definition) is 0.